The molecule has 2 fully saturated rings. The van der Waals surface area contributed by atoms with Crippen molar-refractivity contribution in [3.05, 3.63) is 23.9 Å². The number of nitrogens with zero attached hydrogens (tertiary/aromatic N) is 2. The van der Waals surface area contributed by atoms with E-state index in [-0.39, 0.29) is 5.69 Å². The van der Waals surface area contributed by atoms with Crippen LogP contribution in [0.5, 0.6) is 0 Å². The highest BCUT2D eigenvalue weighted by atomic mass is 16.4. The van der Waals surface area contributed by atoms with Crippen molar-refractivity contribution < 1.29 is 9.90 Å². The molecule has 0 unspecified atom stereocenters. The molecule has 1 aromatic rings. The lowest BCUT2D eigenvalue weighted by atomic mass is 9.68. The van der Waals surface area contributed by atoms with Crippen molar-refractivity contribution in [2.75, 3.05) is 18.0 Å². The highest BCUT2D eigenvalue weighted by molar-refractivity contribution is 5.85. The molecule has 108 valence electrons. The molecule has 2 aliphatic rings. The minimum Gasteiger partial charge on any atom is -0.477 e. The van der Waals surface area contributed by atoms with Crippen LogP contribution in [0, 0.1) is 5.41 Å². The van der Waals surface area contributed by atoms with E-state index in [9.17, 15) is 4.79 Å². The van der Waals surface area contributed by atoms with Crippen molar-refractivity contribution in [2.24, 2.45) is 5.41 Å². The van der Waals surface area contributed by atoms with Gasteiger partial charge in [0.1, 0.15) is 5.82 Å². The summed E-state index contributed by atoms with van der Waals surface area (Å²) in [6, 6.07) is 5.26. The number of anilines is 1. The van der Waals surface area contributed by atoms with Crippen LogP contribution in [-0.2, 0) is 0 Å². The fraction of sp³-hybridized carbons (Fsp3) is 0.625. The zero-order valence-electron chi connectivity index (χ0n) is 11.8. The van der Waals surface area contributed by atoms with Crippen LogP contribution in [0.1, 0.15) is 55.4 Å². The van der Waals surface area contributed by atoms with Crippen molar-refractivity contribution in [3.8, 4) is 0 Å². The topological polar surface area (TPSA) is 53.4 Å². The van der Waals surface area contributed by atoms with Gasteiger partial charge in [-0.05, 0) is 43.2 Å². The second-order valence-electron chi connectivity index (χ2n) is 6.23. The Hall–Kier alpha value is -1.58. The van der Waals surface area contributed by atoms with Crippen molar-refractivity contribution >= 4 is 11.8 Å². The van der Waals surface area contributed by atoms with Gasteiger partial charge in [0.05, 0.1) is 0 Å². The number of carboxylic acid groups (broad SMARTS) is 1. The normalized spacial score (nSPS) is 21.9. The second-order valence-corrected chi connectivity index (χ2v) is 6.23. The molecular formula is C16H22N2O2. The van der Waals surface area contributed by atoms with E-state index in [1.165, 1.54) is 44.9 Å². The van der Waals surface area contributed by atoms with Crippen molar-refractivity contribution in [1.82, 2.24) is 4.98 Å². The Bertz CT molecular complexity index is 485. The van der Waals surface area contributed by atoms with Gasteiger partial charge in [-0.3, -0.25) is 0 Å². The largest absolute Gasteiger partial charge is 0.477 e. The molecule has 1 N–H and O–H groups in total. The number of carboxylic acids is 1. The molecule has 4 heteroatoms. The first kappa shape index (κ1) is 13.4. The minimum absolute atomic E-state index is 0.139. The van der Waals surface area contributed by atoms with Gasteiger partial charge >= 0.3 is 5.97 Å². The molecule has 1 saturated carbocycles. The number of hydrogen-bond donors (Lipinski definition) is 1. The van der Waals surface area contributed by atoms with E-state index < -0.39 is 5.97 Å². The summed E-state index contributed by atoms with van der Waals surface area (Å²) < 4.78 is 0. The summed E-state index contributed by atoms with van der Waals surface area (Å²) in [6.07, 6.45) is 9.37. The summed E-state index contributed by atoms with van der Waals surface area (Å²) in [5.41, 5.74) is 0.708. The molecule has 1 spiro atoms. The minimum atomic E-state index is -0.951. The van der Waals surface area contributed by atoms with Gasteiger partial charge in [0.15, 0.2) is 5.69 Å². The molecule has 0 amide bonds. The van der Waals surface area contributed by atoms with Crippen LogP contribution in [0.4, 0.5) is 5.82 Å². The summed E-state index contributed by atoms with van der Waals surface area (Å²) in [6.45, 7) is 2.02. The number of hydrogen-bond acceptors (Lipinski definition) is 3. The van der Waals surface area contributed by atoms with E-state index in [0.29, 0.717) is 5.41 Å². The van der Waals surface area contributed by atoms with Gasteiger partial charge in [-0.25, -0.2) is 9.78 Å². The lowest BCUT2D eigenvalue weighted by molar-refractivity contribution is 0.0690. The molecule has 20 heavy (non-hydrogen) atoms. The van der Waals surface area contributed by atoms with Gasteiger partial charge in [0.25, 0.3) is 0 Å². The lowest BCUT2D eigenvalue weighted by Crippen LogP contribution is -2.41. The Balaban J connectivity index is 1.68. The van der Waals surface area contributed by atoms with Crippen LogP contribution < -0.4 is 4.90 Å². The van der Waals surface area contributed by atoms with Crippen LogP contribution >= 0.6 is 0 Å². The van der Waals surface area contributed by atoms with Gasteiger partial charge in [0.2, 0.25) is 0 Å². The predicted octanol–water partition coefficient (Wildman–Crippen LogP) is 3.33. The Morgan fingerprint density at radius 2 is 1.80 bits per heavy atom. The second kappa shape index (κ2) is 5.43. The number of carbonyl (C=O) groups is 1. The van der Waals surface area contributed by atoms with Gasteiger partial charge in [-0.1, -0.05) is 25.3 Å². The monoisotopic (exact) mass is 274 g/mol. The van der Waals surface area contributed by atoms with Crippen molar-refractivity contribution in [2.45, 2.75) is 44.9 Å². The Labute approximate surface area is 119 Å². The molecule has 1 aromatic heterocycles. The average molecular weight is 274 g/mol. The highest BCUT2D eigenvalue weighted by Crippen LogP contribution is 2.44. The third-order valence-corrected chi connectivity index (χ3v) is 5.02. The van der Waals surface area contributed by atoms with Gasteiger partial charge in [-0.2, -0.15) is 0 Å². The summed E-state index contributed by atoms with van der Waals surface area (Å²) >= 11 is 0. The van der Waals surface area contributed by atoms with Gasteiger partial charge < -0.3 is 10.0 Å². The van der Waals surface area contributed by atoms with Crippen molar-refractivity contribution in [3.63, 3.8) is 0 Å². The van der Waals surface area contributed by atoms with E-state index in [1.807, 2.05) is 6.07 Å². The number of piperidine rings is 1. The molecule has 2 heterocycles. The third kappa shape index (κ3) is 2.65. The molecule has 1 aliphatic carbocycles. The van der Waals surface area contributed by atoms with E-state index in [4.69, 9.17) is 5.11 Å². The molecule has 3 rings (SSSR count). The highest BCUT2D eigenvalue weighted by Gasteiger charge is 2.35. The number of aromatic nitrogens is 1. The molecule has 4 nitrogen and oxygen atoms in total. The SMILES string of the molecule is O=C(O)c1cccc(N2CCC3(CCCCC3)CC2)n1. The van der Waals surface area contributed by atoms with Crippen LogP contribution in [0.25, 0.3) is 0 Å². The van der Waals surface area contributed by atoms with Crippen LogP contribution in [-0.4, -0.2) is 29.1 Å². The van der Waals surface area contributed by atoms with Crippen LogP contribution in [0.2, 0.25) is 0 Å². The fourth-order valence-corrected chi connectivity index (χ4v) is 3.73. The average Bonchev–Trinajstić information content (AvgIpc) is 2.49. The maximum atomic E-state index is 11.0. The van der Waals surface area contributed by atoms with Gasteiger partial charge in [-0.15, -0.1) is 0 Å². The molecule has 1 saturated heterocycles. The molecule has 0 radical (unpaired) electrons. The quantitative estimate of drug-likeness (QED) is 0.898. The van der Waals surface area contributed by atoms with Crippen molar-refractivity contribution in [1.29, 1.82) is 0 Å². The Kier molecular flexibility index (Phi) is 3.64. The zero-order valence-corrected chi connectivity index (χ0v) is 11.8. The lowest BCUT2D eigenvalue weighted by Gasteiger charge is -2.44. The number of rotatable bonds is 2. The Morgan fingerprint density at radius 3 is 2.45 bits per heavy atom. The standard InChI is InChI=1S/C16H22N2O2/c19-15(20)13-5-4-6-14(17-13)18-11-9-16(10-12-18)7-2-1-3-8-16/h4-6H,1-3,7-12H2,(H,19,20). The molecular weight excluding hydrogens is 252 g/mol. The van der Waals surface area contributed by atoms with Gasteiger partial charge in [0, 0.05) is 13.1 Å². The maximum Gasteiger partial charge on any atom is 0.354 e. The summed E-state index contributed by atoms with van der Waals surface area (Å²) in [4.78, 5) is 17.5. The summed E-state index contributed by atoms with van der Waals surface area (Å²) in [7, 11) is 0. The van der Waals surface area contributed by atoms with E-state index in [0.717, 1.165) is 18.9 Å². The van der Waals surface area contributed by atoms with E-state index in [2.05, 4.69) is 9.88 Å². The number of aromatic carboxylic acids is 1. The fourth-order valence-electron chi connectivity index (χ4n) is 3.73. The van der Waals surface area contributed by atoms with E-state index >= 15 is 0 Å². The summed E-state index contributed by atoms with van der Waals surface area (Å²) in [5, 5.41) is 9.03. The van der Waals surface area contributed by atoms with Crippen LogP contribution in [0.3, 0.4) is 0 Å². The number of pyridine rings is 1. The Morgan fingerprint density at radius 1 is 1.10 bits per heavy atom. The summed E-state index contributed by atoms with van der Waals surface area (Å²) in [5.74, 6) is -0.136. The first-order chi connectivity index (χ1) is 9.69. The molecule has 0 aromatic carbocycles. The predicted molar refractivity (Wildman–Crippen MR) is 78.2 cm³/mol. The first-order valence-electron chi connectivity index (χ1n) is 7.64. The third-order valence-electron chi connectivity index (χ3n) is 5.02. The smallest absolute Gasteiger partial charge is 0.354 e. The molecule has 0 atom stereocenters. The van der Waals surface area contributed by atoms with Crippen LogP contribution in [0.15, 0.2) is 18.2 Å². The zero-order chi connectivity index (χ0) is 14.0. The van der Waals surface area contributed by atoms with E-state index in [1.54, 1.807) is 12.1 Å². The molecule has 0 bridgehead atoms. The maximum absolute atomic E-state index is 11.0. The molecule has 1 aliphatic heterocycles. The first-order valence-corrected chi connectivity index (χ1v) is 7.64.